The Morgan fingerprint density at radius 1 is 0.758 bits per heavy atom. The molecule has 0 amide bonds. The normalized spacial score (nSPS) is 10.5. The van der Waals surface area contributed by atoms with Crippen molar-refractivity contribution in [2.45, 2.75) is 13.5 Å². The Labute approximate surface area is 194 Å². The monoisotopic (exact) mass is 430 g/mol. The Morgan fingerprint density at radius 2 is 1.27 bits per heavy atom. The van der Waals surface area contributed by atoms with Gasteiger partial charge in [-0.25, -0.2) is 4.79 Å². The van der Waals surface area contributed by atoms with Gasteiger partial charge in [-0.1, -0.05) is 110 Å². The molecule has 0 aliphatic carbocycles. The zero-order valence-corrected chi connectivity index (χ0v) is 18.8. The van der Waals surface area contributed by atoms with Gasteiger partial charge in [0.15, 0.2) is 0 Å². The van der Waals surface area contributed by atoms with Crippen LogP contribution < -0.4 is 0 Å². The van der Waals surface area contributed by atoms with Crippen molar-refractivity contribution in [2.24, 2.45) is 0 Å². The first-order valence-electron chi connectivity index (χ1n) is 10.9. The first-order valence-corrected chi connectivity index (χ1v) is 10.9. The maximum Gasteiger partial charge on any atom is 0.333 e. The lowest BCUT2D eigenvalue weighted by atomic mass is 9.97. The molecule has 0 saturated heterocycles. The number of carbonyl (C=O) groups excluding carboxylic acids is 1. The van der Waals surface area contributed by atoms with Crippen LogP contribution in [0.2, 0.25) is 0 Å². The highest BCUT2D eigenvalue weighted by molar-refractivity contribution is 6.02. The quantitative estimate of drug-likeness (QED) is 0.164. The van der Waals surface area contributed by atoms with Crippen molar-refractivity contribution in [3.63, 3.8) is 0 Å². The van der Waals surface area contributed by atoms with Crippen LogP contribution in [0.15, 0.2) is 116 Å². The van der Waals surface area contributed by atoms with Crippen LogP contribution >= 0.6 is 0 Å². The van der Waals surface area contributed by atoms with E-state index in [9.17, 15) is 4.79 Å². The zero-order chi connectivity index (χ0) is 23.2. The predicted molar refractivity (Wildman–Crippen MR) is 140 cm³/mol. The summed E-state index contributed by atoms with van der Waals surface area (Å²) >= 11 is 0. The Hall–Kier alpha value is -4.17. The molecule has 0 heterocycles. The summed E-state index contributed by atoms with van der Waals surface area (Å²) in [5.74, 6) is -0.355. The van der Waals surface area contributed by atoms with Gasteiger partial charge in [-0.3, -0.25) is 0 Å². The fourth-order valence-corrected chi connectivity index (χ4v) is 3.95. The molecule has 0 bridgehead atoms. The van der Waals surface area contributed by atoms with Crippen LogP contribution in [0.1, 0.15) is 18.1 Å². The average molecular weight is 431 g/mol. The number of ether oxygens (including phenoxy) is 1. The number of fused-ring (bicyclic) bond motifs is 3. The fourth-order valence-electron chi connectivity index (χ4n) is 3.95. The Balaban J connectivity index is 0.000000183. The summed E-state index contributed by atoms with van der Waals surface area (Å²) in [5, 5.41) is 7.08. The van der Waals surface area contributed by atoms with Crippen molar-refractivity contribution in [1.29, 1.82) is 0 Å². The lowest BCUT2D eigenvalue weighted by Crippen LogP contribution is -2.05. The lowest BCUT2D eigenvalue weighted by molar-refractivity contribution is -0.140. The van der Waals surface area contributed by atoms with Crippen LogP contribution in [0.4, 0.5) is 0 Å². The molecule has 5 aromatic carbocycles. The maximum atomic E-state index is 11.7. The van der Waals surface area contributed by atoms with Crippen LogP contribution in [0.3, 0.4) is 0 Å². The summed E-state index contributed by atoms with van der Waals surface area (Å²) in [6, 6.07) is 33.0. The van der Waals surface area contributed by atoms with Crippen LogP contribution in [0.5, 0.6) is 0 Å². The Kier molecular flexibility index (Phi) is 6.66. The molecule has 0 N–H and O–H groups in total. The molecular weight excluding hydrogens is 404 g/mol. The summed E-state index contributed by atoms with van der Waals surface area (Å²) in [5.41, 5.74) is 2.66. The number of benzene rings is 5. The molecule has 2 heteroatoms. The smallest absolute Gasteiger partial charge is 0.333 e. The van der Waals surface area contributed by atoms with Gasteiger partial charge in [0.05, 0.1) is 0 Å². The molecule has 5 aromatic rings. The number of esters is 1. The zero-order valence-electron chi connectivity index (χ0n) is 18.8. The topological polar surface area (TPSA) is 26.3 Å². The van der Waals surface area contributed by atoms with Crippen molar-refractivity contribution in [2.75, 3.05) is 0 Å². The summed E-state index contributed by atoms with van der Waals surface area (Å²) in [6.45, 7) is 9.31. The van der Waals surface area contributed by atoms with Gasteiger partial charge in [0.2, 0.25) is 0 Å². The highest BCUT2D eigenvalue weighted by atomic mass is 16.5. The van der Waals surface area contributed by atoms with Crippen LogP contribution in [-0.2, 0) is 16.1 Å². The molecular formula is C31H26O2. The summed E-state index contributed by atoms with van der Waals surface area (Å²) < 4.78 is 5.37. The van der Waals surface area contributed by atoms with Crippen molar-refractivity contribution >= 4 is 44.4 Å². The number of hydrogen-bond donors (Lipinski definition) is 0. The van der Waals surface area contributed by atoms with Crippen molar-refractivity contribution < 1.29 is 9.53 Å². The largest absolute Gasteiger partial charge is 0.457 e. The van der Waals surface area contributed by atoms with E-state index in [1.165, 1.54) is 16.3 Å². The van der Waals surface area contributed by atoms with Crippen molar-refractivity contribution in [3.8, 4) is 0 Å². The molecule has 0 unspecified atom stereocenters. The van der Waals surface area contributed by atoms with E-state index in [0.29, 0.717) is 5.57 Å². The van der Waals surface area contributed by atoms with E-state index in [-0.39, 0.29) is 12.6 Å². The standard InChI is InChI=1S/C19H16O2.C12H10/c1-13(2)19(20)21-12-18-16-9-5-3-7-14(16)11-15-8-4-6-10-17(15)18;1-2-10-7-5-8-11-6-3-4-9-12(10)11/h3-11H,1,12H2,2H3;2-9H,1H2. The highest BCUT2D eigenvalue weighted by Crippen LogP contribution is 2.29. The fraction of sp³-hybridized carbons (Fsp3) is 0.0645. The van der Waals surface area contributed by atoms with Crippen LogP contribution in [-0.4, -0.2) is 5.97 Å². The van der Waals surface area contributed by atoms with E-state index in [1.54, 1.807) is 6.92 Å². The Morgan fingerprint density at radius 3 is 1.85 bits per heavy atom. The molecule has 5 rings (SSSR count). The van der Waals surface area contributed by atoms with E-state index >= 15 is 0 Å². The molecule has 0 atom stereocenters. The minimum atomic E-state index is -0.355. The second-order valence-corrected chi connectivity index (χ2v) is 7.93. The summed E-state index contributed by atoms with van der Waals surface area (Å²) in [4.78, 5) is 11.7. The maximum absolute atomic E-state index is 11.7. The number of rotatable bonds is 4. The molecule has 0 radical (unpaired) electrons. The second kappa shape index (κ2) is 9.97. The molecule has 0 aliphatic heterocycles. The van der Waals surface area contributed by atoms with E-state index in [4.69, 9.17) is 4.74 Å². The van der Waals surface area contributed by atoms with Gasteiger partial charge in [-0.15, -0.1) is 0 Å². The van der Waals surface area contributed by atoms with Gasteiger partial charge in [0.25, 0.3) is 0 Å². The van der Waals surface area contributed by atoms with Crippen molar-refractivity contribution in [1.82, 2.24) is 0 Å². The molecule has 0 fully saturated rings. The van der Waals surface area contributed by atoms with E-state index in [0.717, 1.165) is 27.1 Å². The molecule has 0 aromatic heterocycles. The Bertz CT molecular complexity index is 1420. The molecule has 33 heavy (non-hydrogen) atoms. The van der Waals surface area contributed by atoms with Gasteiger partial charge < -0.3 is 4.74 Å². The number of carbonyl (C=O) groups is 1. The average Bonchev–Trinajstić information content (AvgIpc) is 2.86. The van der Waals surface area contributed by atoms with Gasteiger partial charge in [-0.05, 0) is 50.9 Å². The third-order valence-electron chi connectivity index (χ3n) is 5.62. The van der Waals surface area contributed by atoms with Gasteiger partial charge in [-0.2, -0.15) is 0 Å². The summed E-state index contributed by atoms with van der Waals surface area (Å²) in [6.07, 6.45) is 1.89. The third-order valence-corrected chi connectivity index (χ3v) is 5.62. The molecule has 2 nitrogen and oxygen atoms in total. The highest BCUT2D eigenvalue weighted by Gasteiger charge is 2.10. The SMILES string of the molecule is C=C(C)C(=O)OCc1c2ccccc2cc2ccccc12.C=Cc1cccc2ccccc12. The van der Waals surface area contributed by atoms with Gasteiger partial charge in [0.1, 0.15) is 6.61 Å². The third kappa shape index (κ3) is 4.86. The number of hydrogen-bond acceptors (Lipinski definition) is 2. The summed E-state index contributed by atoms with van der Waals surface area (Å²) in [7, 11) is 0. The van der Waals surface area contributed by atoms with Crippen molar-refractivity contribution in [3.05, 3.63) is 127 Å². The lowest BCUT2D eigenvalue weighted by Gasteiger charge is -2.12. The van der Waals surface area contributed by atoms with Crippen LogP contribution in [0.25, 0.3) is 38.4 Å². The molecule has 0 spiro atoms. The van der Waals surface area contributed by atoms with Crippen LogP contribution in [0, 0.1) is 0 Å². The predicted octanol–water partition coefficient (Wildman–Crippen LogP) is 8.10. The van der Waals surface area contributed by atoms with E-state index in [2.05, 4.69) is 86.0 Å². The minimum absolute atomic E-state index is 0.257. The van der Waals surface area contributed by atoms with E-state index < -0.39 is 0 Å². The van der Waals surface area contributed by atoms with Gasteiger partial charge >= 0.3 is 5.97 Å². The molecule has 0 aliphatic rings. The molecule has 162 valence electrons. The molecule has 0 saturated carbocycles. The minimum Gasteiger partial charge on any atom is -0.457 e. The second-order valence-electron chi connectivity index (χ2n) is 7.93. The first kappa shape index (κ1) is 22.0. The first-order chi connectivity index (χ1) is 16.1. The van der Waals surface area contributed by atoms with Gasteiger partial charge in [0, 0.05) is 11.1 Å². The van der Waals surface area contributed by atoms with E-state index in [1.807, 2.05) is 30.3 Å².